The highest BCUT2D eigenvalue weighted by atomic mass is 32.2. The van der Waals surface area contributed by atoms with Gasteiger partial charge in [0, 0.05) is 18.0 Å². The molecule has 1 heterocycles. The van der Waals surface area contributed by atoms with E-state index in [1.807, 2.05) is 31.2 Å². The van der Waals surface area contributed by atoms with Crippen LogP contribution in [0.1, 0.15) is 78.1 Å². The number of thioether (sulfide) groups is 1. The number of carbonyl (C=O) groups is 2. The fourth-order valence-electron chi connectivity index (χ4n) is 3.63. The number of amides is 2. The summed E-state index contributed by atoms with van der Waals surface area (Å²) in [4.78, 5) is 28.0. The summed E-state index contributed by atoms with van der Waals surface area (Å²) in [6.07, 6.45) is 12.8. The fraction of sp³-hybridized carbons (Fsp3) is 0.652. The van der Waals surface area contributed by atoms with Crippen LogP contribution in [-0.2, 0) is 9.59 Å². The molecule has 1 unspecified atom stereocenters. The highest BCUT2D eigenvalue weighted by Gasteiger charge is 2.37. The summed E-state index contributed by atoms with van der Waals surface area (Å²) in [7, 11) is 0. The molecular formula is C23H36N2O2S. The predicted octanol–water partition coefficient (Wildman–Crippen LogP) is 5.55. The zero-order valence-electron chi connectivity index (χ0n) is 17.5. The Hall–Kier alpha value is -1.49. The van der Waals surface area contributed by atoms with Crippen LogP contribution in [0, 0.1) is 0 Å². The first-order valence-electron chi connectivity index (χ1n) is 11.0. The molecule has 5 heteroatoms. The van der Waals surface area contributed by atoms with Gasteiger partial charge in [0.25, 0.3) is 0 Å². The Morgan fingerprint density at radius 2 is 1.57 bits per heavy atom. The monoisotopic (exact) mass is 404 g/mol. The van der Waals surface area contributed by atoms with E-state index in [9.17, 15) is 9.59 Å². The molecule has 0 saturated carbocycles. The topological polar surface area (TPSA) is 49.4 Å². The first kappa shape index (κ1) is 22.8. The Morgan fingerprint density at radius 1 is 0.964 bits per heavy atom. The predicted molar refractivity (Wildman–Crippen MR) is 119 cm³/mol. The van der Waals surface area contributed by atoms with Gasteiger partial charge in [0.2, 0.25) is 11.8 Å². The largest absolute Gasteiger partial charge is 0.355 e. The maximum Gasteiger partial charge on any atom is 0.250 e. The number of hydrogen-bond acceptors (Lipinski definition) is 3. The van der Waals surface area contributed by atoms with Gasteiger partial charge in [-0.05, 0) is 25.5 Å². The highest BCUT2D eigenvalue weighted by Crippen LogP contribution is 2.38. The SMILES string of the molecule is CCCCCCCCCCCCNC(=O)C1Sc2ccccc2N(CC)C1=O. The molecule has 0 saturated heterocycles. The van der Waals surface area contributed by atoms with Gasteiger partial charge in [-0.15, -0.1) is 11.8 Å². The zero-order valence-corrected chi connectivity index (χ0v) is 18.4. The molecule has 0 fully saturated rings. The van der Waals surface area contributed by atoms with Gasteiger partial charge in [0.1, 0.15) is 0 Å². The molecule has 0 spiro atoms. The lowest BCUT2D eigenvalue weighted by atomic mass is 10.1. The first-order valence-corrected chi connectivity index (χ1v) is 11.9. The summed E-state index contributed by atoms with van der Waals surface area (Å²) in [6, 6.07) is 7.81. The van der Waals surface area contributed by atoms with Crippen molar-refractivity contribution < 1.29 is 9.59 Å². The molecule has 28 heavy (non-hydrogen) atoms. The minimum Gasteiger partial charge on any atom is -0.355 e. The van der Waals surface area contributed by atoms with E-state index in [1.54, 1.807) is 4.90 Å². The van der Waals surface area contributed by atoms with Crippen molar-refractivity contribution >= 4 is 29.3 Å². The molecular weight excluding hydrogens is 368 g/mol. The number of hydrogen-bond donors (Lipinski definition) is 1. The van der Waals surface area contributed by atoms with Crippen LogP contribution in [0.15, 0.2) is 29.2 Å². The second-order valence-corrected chi connectivity index (χ2v) is 8.67. The normalized spacial score (nSPS) is 16.1. The number of nitrogens with zero attached hydrogens (tertiary/aromatic N) is 1. The summed E-state index contributed by atoms with van der Waals surface area (Å²) >= 11 is 1.37. The third-order valence-corrected chi connectivity index (χ3v) is 6.53. The van der Waals surface area contributed by atoms with Gasteiger partial charge in [-0.25, -0.2) is 0 Å². The van der Waals surface area contributed by atoms with E-state index < -0.39 is 5.25 Å². The average molecular weight is 405 g/mol. The smallest absolute Gasteiger partial charge is 0.250 e. The number of unbranched alkanes of at least 4 members (excludes halogenated alkanes) is 9. The van der Waals surface area contributed by atoms with Gasteiger partial charge in [-0.2, -0.15) is 0 Å². The number of nitrogens with one attached hydrogen (secondary N) is 1. The number of para-hydroxylation sites is 1. The molecule has 156 valence electrons. The average Bonchev–Trinajstić information content (AvgIpc) is 2.71. The fourth-order valence-corrected chi connectivity index (χ4v) is 4.75. The van der Waals surface area contributed by atoms with E-state index in [1.165, 1.54) is 63.1 Å². The van der Waals surface area contributed by atoms with Gasteiger partial charge < -0.3 is 10.2 Å². The third kappa shape index (κ3) is 6.84. The van der Waals surface area contributed by atoms with Crippen molar-refractivity contribution in [3.05, 3.63) is 24.3 Å². The van der Waals surface area contributed by atoms with Crippen molar-refractivity contribution in [2.45, 2.75) is 88.2 Å². The van der Waals surface area contributed by atoms with Crippen molar-refractivity contribution in [2.75, 3.05) is 18.0 Å². The van der Waals surface area contributed by atoms with E-state index in [0.29, 0.717) is 13.1 Å². The molecule has 4 nitrogen and oxygen atoms in total. The third-order valence-electron chi connectivity index (χ3n) is 5.28. The first-order chi connectivity index (χ1) is 13.7. The van der Waals surface area contributed by atoms with Crippen LogP contribution in [0.2, 0.25) is 0 Å². The summed E-state index contributed by atoms with van der Waals surface area (Å²) in [5.41, 5.74) is 0.916. The van der Waals surface area contributed by atoms with E-state index in [-0.39, 0.29) is 11.8 Å². The van der Waals surface area contributed by atoms with Gasteiger partial charge in [0.15, 0.2) is 5.25 Å². The summed E-state index contributed by atoms with van der Waals surface area (Å²) < 4.78 is 0. The molecule has 0 radical (unpaired) electrons. The number of carbonyl (C=O) groups excluding carboxylic acids is 2. The molecule has 1 aromatic rings. The maximum absolute atomic E-state index is 12.7. The van der Waals surface area contributed by atoms with Crippen LogP contribution in [-0.4, -0.2) is 30.2 Å². The minimum atomic E-state index is -0.669. The highest BCUT2D eigenvalue weighted by molar-refractivity contribution is 8.01. The quantitative estimate of drug-likeness (QED) is 0.346. The van der Waals surface area contributed by atoms with E-state index in [2.05, 4.69) is 12.2 Å². The Kier molecular flexibility index (Phi) is 10.5. The second-order valence-electron chi connectivity index (χ2n) is 7.52. The van der Waals surface area contributed by atoms with Crippen LogP contribution in [0.5, 0.6) is 0 Å². The van der Waals surface area contributed by atoms with Crippen molar-refractivity contribution in [1.29, 1.82) is 0 Å². The van der Waals surface area contributed by atoms with Crippen molar-refractivity contribution in [2.24, 2.45) is 0 Å². The summed E-state index contributed by atoms with van der Waals surface area (Å²) in [6.45, 7) is 5.44. The van der Waals surface area contributed by atoms with Crippen molar-refractivity contribution in [3.8, 4) is 0 Å². The van der Waals surface area contributed by atoms with Crippen LogP contribution < -0.4 is 10.2 Å². The van der Waals surface area contributed by atoms with E-state index in [0.717, 1.165) is 23.4 Å². The maximum atomic E-state index is 12.7. The van der Waals surface area contributed by atoms with Gasteiger partial charge in [-0.1, -0.05) is 76.8 Å². The Labute approximate surface area is 174 Å². The van der Waals surface area contributed by atoms with Crippen molar-refractivity contribution in [1.82, 2.24) is 5.32 Å². The van der Waals surface area contributed by atoms with Crippen LogP contribution in [0.25, 0.3) is 0 Å². The molecule has 1 aliphatic rings. The zero-order chi connectivity index (χ0) is 20.2. The molecule has 1 N–H and O–H groups in total. The Balaban J connectivity index is 1.64. The number of rotatable bonds is 13. The number of anilines is 1. The molecule has 0 bridgehead atoms. The van der Waals surface area contributed by atoms with Crippen molar-refractivity contribution in [3.63, 3.8) is 0 Å². The lowest BCUT2D eigenvalue weighted by molar-refractivity contribution is -0.127. The standard InChI is InChI=1S/C23H36N2O2S/c1-3-5-6-7-8-9-10-11-12-15-18-24-22(26)21-23(27)25(4-2)19-16-13-14-17-20(19)28-21/h13-14,16-17,21H,3-12,15,18H2,1-2H3,(H,24,26). The summed E-state index contributed by atoms with van der Waals surface area (Å²) in [5, 5.41) is 2.31. The van der Waals surface area contributed by atoms with Crippen LogP contribution >= 0.6 is 11.8 Å². The van der Waals surface area contributed by atoms with E-state index in [4.69, 9.17) is 0 Å². The number of fused-ring (bicyclic) bond motifs is 1. The van der Waals surface area contributed by atoms with Gasteiger partial charge >= 0.3 is 0 Å². The van der Waals surface area contributed by atoms with E-state index >= 15 is 0 Å². The van der Waals surface area contributed by atoms with Gasteiger partial charge in [0.05, 0.1) is 5.69 Å². The van der Waals surface area contributed by atoms with Gasteiger partial charge in [-0.3, -0.25) is 9.59 Å². The molecule has 1 aromatic carbocycles. The molecule has 2 amide bonds. The van der Waals surface area contributed by atoms with Crippen LogP contribution in [0.4, 0.5) is 5.69 Å². The Bertz CT molecular complexity index is 620. The minimum absolute atomic E-state index is 0.105. The lowest BCUT2D eigenvalue weighted by Crippen LogP contribution is -2.48. The molecule has 2 rings (SSSR count). The summed E-state index contributed by atoms with van der Waals surface area (Å²) in [5.74, 6) is -0.259. The molecule has 0 aromatic heterocycles. The second kappa shape index (κ2) is 12.9. The van der Waals surface area contributed by atoms with Crippen LogP contribution in [0.3, 0.4) is 0 Å². The Morgan fingerprint density at radius 3 is 2.21 bits per heavy atom. The number of benzene rings is 1. The molecule has 1 atom stereocenters. The lowest BCUT2D eigenvalue weighted by Gasteiger charge is -2.32. The molecule has 1 aliphatic heterocycles. The molecule has 0 aliphatic carbocycles.